The smallest absolute Gasteiger partial charge is 0.249 e. The SMILES string of the molecule is NC[C@H]1CC[C@@H](C(=O)NC(C2CC2)C2CC2)O1. The van der Waals surface area contributed by atoms with Gasteiger partial charge in [0.15, 0.2) is 0 Å². The molecule has 1 aliphatic heterocycles. The Bertz CT molecular complexity index is 288. The Labute approximate surface area is 102 Å². The predicted octanol–water partition coefficient (Wildman–Crippen LogP) is 0.797. The van der Waals surface area contributed by atoms with Gasteiger partial charge < -0.3 is 15.8 Å². The maximum atomic E-state index is 12.1. The van der Waals surface area contributed by atoms with Gasteiger partial charge in [-0.25, -0.2) is 0 Å². The molecule has 1 heterocycles. The normalized spacial score (nSPS) is 33.1. The second kappa shape index (κ2) is 4.58. The number of hydrogen-bond acceptors (Lipinski definition) is 3. The molecule has 2 aliphatic carbocycles. The van der Waals surface area contributed by atoms with E-state index in [2.05, 4.69) is 5.32 Å². The van der Waals surface area contributed by atoms with E-state index in [1.807, 2.05) is 0 Å². The van der Waals surface area contributed by atoms with Gasteiger partial charge in [-0.15, -0.1) is 0 Å². The molecule has 2 atom stereocenters. The van der Waals surface area contributed by atoms with Crippen molar-refractivity contribution in [1.82, 2.24) is 5.32 Å². The summed E-state index contributed by atoms with van der Waals surface area (Å²) in [4.78, 5) is 12.1. The Balaban J connectivity index is 1.51. The minimum absolute atomic E-state index is 0.0889. The lowest BCUT2D eigenvalue weighted by molar-refractivity contribution is -0.132. The highest BCUT2D eigenvalue weighted by atomic mass is 16.5. The number of nitrogens with two attached hydrogens (primary N) is 1. The second-order valence-corrected chi connectivity index (χ2v) is 5.77. The molecule has 0 radical (unpaired) electrons. The molecule has 0 aromatic carbocycles. The molecule has 96 valence electrons. The summed E-state index contributed by atoms with van der Waals surface area (Å²) in [6.07, 6.45) is 6.75. The minimum atomic E-state index is -0.247. The third kappa shape index (κ3) is 2.63. The van der Waals surface area contributed by atoms with Gasteiger partial charge in [0, 0.05) is 12.6 Å². The summed E-state index contributed by atoms with van der Waals surface area (Å²) in [6, 6.07) is 0.433. The van der Waals surface area contributed by atoms with Gasteiger partial charge in [-0.3, -0.25) is 4.79 Å². The van der Waals surface area contributed by atoms with Crippen LogP contribution < -0.4 is 11.1 Å². The number of ether oxygens (including phenoxy) is 1. The van der Waals surface area contributed by atoms with Crippen LogP contribution in [-0.4, -0.2) is 30.7 Å². The first-order valence-electron chi connectivity index (χ1n) is 6.94. The zero-order valence-corrected chi connectivity index (χ0v) is 10.2. The minimum Gasteiger partial charge on any atom is -0.364 e. The lowest BCUT2D eigenvalue weighted by atomic mass is 10.1. The summed E-state index contributed by atoms with van der Waals surface area (Å²) in [5, 5.41) is 3.22. The van der Waals surface area contributed by atoms with Crippen LogP contribution >= 0.6 is 0 Å². The van der Waals surface area contributed by atoms with Gasteiger partial charge in [0.1, 0.15) is 6.10 Å². The van der Waals surface area contributed by atoms with Gasteiger partial charge in [0.05, 0.1) is 6.10 Å². The molecule has 4 heteroatoms. The largest absolute Gasteiger partial charge is 0.364 e. The third-order valence-corrected chi connectivity index (χ3v) is 4.23. The molecule has 1 amide bonds. The maximum absolute atomic E-state index is 12.1. The molecule has 0 aromatic rings. The highest BCUT2D eigenvalue weighted by molar-refractivity contribution is 5.81. The van der Waals surface area contributed by atoms with Crippen LogP contribution in [0.5, 0.6) is 0 Å². The van der Waals surface area contributed by atoms with Crippen molar-refractivity contribution in [3.8, 4) is 0 Å². The lowest BCUT2D eigenvalue weighted by Crippen LogP contribution is -2.44. The van der Waals surface area contributed by atoms with Crippen molar-refractivity contribution in [1.29, 1.82) is 0 Å². The summed E-state index contributed by atoms with van der Waals surface area (Å²) in [6.45, 7) is 0.526. The van der Waals surface area contributed by atoms with Gasteiger partial charge in [0.2, 0.25) is 5.91 Å². The lowest BCUT2D eigenvalue weighted by Gasteiger charge is -2.20. The van der Waals surface area contributed by atoms with Crippen molar-refractivity contribution in [2.75, 3.05) is 6.54 Å². The van der Waals surface area contributed by atoms with E-state index in [1.165, 1.54) is 25.7 Å². The topological polar surface area (TPSA) is 64.4 Å². The molecule has 4 nitrogen and oxygen atoms in total. The quantitative estimate of drug-likeness (QED) is 0.744. The Morgan fingerprint density at radius 1 is 1.18 bits per heavy atom. The fraction of sp³-hybridized carbons (Fsp3) is 0.923. The van der Waals surface area contributed by atoms with E-state index in [0.29, 0.717) is 12.6 Å². The van der Waals surface area contributed by atoms with Crippen molar-refractivity contribution in [3.05, 3.63) is 0 Å². The van der Waals surface area contributed by atoms with E-state index in [4.69, 9.17) is 10.5 Å². The van der Waals surface area contributed by atoms with Crippen molar-refractivity contribution < 1.29 is 9.53 Å². The van der Waals surface area contributed by atoms with Gasteiger partial charge in [-0.1, -0.05) is 0 Å². The van der Waals surface area contributed by atoms with Crippen molar-refractivity contribution >= 4 is 5.91 Å². The van der Waals surface area contributed by atoms with Crippen LogP contribution in [0.1, 0.15) is 38.5 Å². The zero-order valence-electron chi connectivity index (χ0n) is 10.2. The van der Waals surface area contributed by atoms with Crippen LogP contribution in [0, 0.1) is 11.8 Å². The average molecular weight is 238 g/mol. The van der Waals surface area contributed by atoms with Crippen molar-refractivity contribution in [2.24, 2.45) is 17.6 Å². The summed E-state index contributed by atoms with van der Waals surface area (Å²) in [7, 11) is 0. The number of carbonyl (C=O) groups is 1. The van der Waals surface area contributed by atoms with Crippen LogP contribution in [0.3, 0.4) is 0 Å². The Morgan fingerprint density at radius 2 is 1.82 bits per heavy atom. The first-order valence-corrected chi connectivity index (χ1v) is 6.94. The number of amides is 1. The van der Waals surface area contributed by atoms with Crippen LogP contribution in [0.4, 0.5) is 0 Å². The van der Waals surface area contributed by atoms with Crippen LogP contribution in [0.15, 0.2) is 0 Å². The van der Waals surface area contributed by atoms with Crippen LogP contribution in [-0.2, 0) is 9.53 Å². The monoisotopic (exact) mass is 238 g/mol. The van der Waals surface area contributed by atoms with E-state index in [9.17, 15) is 4.79 Å². The van der Waals surface area contributed by atoms with Gasteiger partial charge in [-0.2, -0.15) is 0 Å². The van der Waals surface area contributed by atoms with Crippen LogP contribution in [0.2, 0.25) is 0 Å². The highest BCUT2D eigenvalue weighted by Crippen LogP contribution is 2.44. The zero-order chi connectivity index (χ0) is 11.8. The summed E-state index contributed by atoms with van der Waals surface area (Å²) in [5.74, 6) is 1.60. The second-order valence-electron chi connectivity index (χ2n) is 5.77. The predicted molar refractivity (Wildman–Crippen MR) is 64.3 cm³/mol. The molecular formula is C13H22N2O2. The first-order chi connectivity index (χ1) is 8.28. The Hall–Kier alpha value is -0.610. The average Bonchev–Trinajstić information content (AvgIpc) is 3.24. The van der Waals surface area contributed by atoms with Gasteiger partial charge in [-0.05, 0) is 50.4 Å². The standard InChI is InChI=1S/C13H22N2O2/c14-7-10-5-6-11(17-10)13(16)15-12(8-1-2-8)9-3-4-9/h8-12H,1-7,14H2,(H,15,16)/t10-,11+/m1/s1. The number of carbonyl (C=O) groups excluding carboxylic acids is 1. The molecule has 0 bridgehead atoms. The molecule has 0 spiro atoms. The highest BCUT2D eigenvalue weighted by Gasteiger charge is 2.43. The van der Waals surface area contributed by atoms with Crippen LogP contribution in [0.25, 0.3) is 0 Å². The fourth-order valence-electron chi connectivity index (χ4n) is 2.86. The molecule has 3 aliphatic rings. The number of hydrogen-bond donors (Lipinski definition) is 2. The molecule has 1 saturated heterocycles. The number of nitrogens with one attached hydrogen (secondary N) is 1. The maximum Gasteiger partial charge on any atom is 0.249 e. The first kappa shape index (κ1) is 11.5. The van der Waals surface area contributed by atoms with Gasteiger partial charge >= 0.3 is 0 Å². The Kier molecular flexibility index (Phi) is 3.09. The number of rotatable bonds is 5. The third-order valence-electron chi connectivity index (χ3n) is 4.23. The van der Waals surface area contributed by atoms with E-state index >= 15 is 0 Å². The summed E-state index contributed by atoms with van der Waals surface area (Å²) in [5.41, 5.74) is 5.56. The molecular weight excluding hydrogens is 216 g/mol. The molecule has 2 saturated carbocycles. The van der Waals surface area contributed by atoms with Gasteiger partial charge in [0.25, 0.3) is 0 Å². The molecule has 3 fully saturated rings. The van der Waals surface area contributed by atoms with E-state index in [-0.39, 0.29) is 18.1 Å². The Morgan fingerprint density at radius 3 is 2.29 bits per heavy atom. The van der Waals surface area contributed by atoms with E-state index in [0.717, 1.165) is 24.7 Å². The molecule has 0 aromatic heterocycles. The van der Waals surface area contributed by atoms with Crippen molar-refractivity contribution in [3.63, 3.8) is 0 Å². The fourth-order valence-corrected chi connectivity index (χ4v) is 2.86. The summed E-state index contributed by atoms with van der Waals surface area (Å²) < 4.78 is 5.64. The van der Waals surface area contributed by atoms with E-state index < -0.39 is 0 Å². The van der Waals surface area contributed by atoms with E-state index in [1.54, 1.807) is 0 Å². The molecule has 3 rings (SSSR count). The van der Waals surface area contributed by atoms with Crippen molar-refractivity contribution in [2.45, 2.75) is 56.8 Å². The summed E-state index contributed by atoms with van der Waals surface area (Å²) >= 11 is 0. The molecule has 0 unspecified atom stereocenters. The molecule has 3 N–H and O–H groups in total. The molecule has 17 heavy (non-hydrogen) atoms.